The molecule has 9 aromatic rings. The van der Waals surface area contributed by atoms with Crippen LogP contribution in [-0.4, -0.2) is 15.0 Å². The summed E-state index contributed by atoms with van der Waals surface area (Å²) in [4.78, 5) is 15.5. The highest BCUT2D eigenvalue weighted by molar-refractivity contribution is 6.05. The summed E-state index contributed by atoms with van der Waals surface area (Å²) in [5, 5.41) is 2.47. The Bertz CT molecular complexity index is 2770. The van der Waals surface area contributed by atoms with E-state index in [9.17, 15) is 0 Å². The molecule has 0 bridgehead atoms. The lowest BCUT2D eigenvalue weighted by molar-refractivity contribution is 1.07. The van der Waals surface area contributed by atoms with Gasteiger partial charge in [-0.05, 0) is 92.4 Å². The maximum absolute atomic E-state index is 5.23. The van der Waals surface area contributed by atoms with Crippen molar-refractivity contribution in [1.82, 2.24) is 15.0 Å². The number of benzene rings is 8. The van der Waals surface area contributed by atoms with E-state index < -0.39 is 0 Å². The summed E-state index contributed by atoms with van der Waals surface area (Å²) in [6, 6.07) is 66.2. The summed E-state index contributed by atoms with van der Waals surface area (Å²) in [6.07, 6.45) is 0. The number of hydrogen-bond acceptors (Lipinski definition) is 3. The Kier molecular flexibility index (Phi) is 8.66. The Morgan fingerprint density at radius 2 is 0.796 bits per heavy atom. The molecular formula is C51H37N3. The van der Waals surface area contributed by atoms with Gasteiger partial charge in [-0.3, -0.25) is 0 Å². The Hall–Kier alpha value is -6.97. The van der Waals surface area contributed by atoms with Gasteiger partial charge in [-0.1, -0.05) is 176 Å². The molecule has 54 heavy (non-hydrogen) atoms. The molecule has 0 amide bonds. The van der Waals surface area contributed by atoms with Gasteiger partial charge in [0, 0.05) is 16.7 Å². The third-order valence-electron chi connectivity index (χ3n) is 10.2. The summed E-state index contributed by atoms with van der Waals surface area (Å²) in [5.41, 5.74) is 14.6. The number of nitrogens with zero attached hydrogens (tertiary/aromatic N) is 3. The number of rotatable bonds is 7. The predicted molar refractivity (Wildman–Crippen MR) is 225 cm³/mol. The number of hydrogen-bond donors (Lipinski definition) is 0. The summed E-state index contributed by atoms with van der Waals surface area (Å²) in [5.74, 6) is 1.92. The van der Waals surface area contributed by atoms with Crippen LogP contribution < -0.4 is 0 Å². The molecule has 0 saturated heterocycles. The number of aryl methyl sites for hydroxylation is 2. The second kappa shape index (κ2) is 14.2. The van der Waals surface area contributed by atoms with E-state index in [4.69, 9.17) is 15.0 Å². The molecule has 1 heterocycles. The summed E-state index contributed by atoms with van der Waals surface area (Å²) in [7, 11) is 0. The standard InChI is InChI=1S/C51H37N3/c1-34-28-29-40(43-31-30-42(37-19-8-4-9-20-37)44-25-12-13-26-45(43)44)33-47(34)48-35(2)16-14-27-46(48)51-53-49(38-21-10-5-11-22-38)52-50(54-51)41-24-15-23-39(32-41)36-17-6-3-7-18-36/h3-33H,1-2H3. The highest BCUT2D eigenvalue weighted by Crippen LogP contribution is 2.41. The van der Waals surface area contributed by atoms with Gasteiger partial charge in [-0.2, -0.15) is 0 Å². The van der Waals surface area contributed by atoms with E-state index in [0.29, 0.717) is 17.5 Å². The van der Waals surface area contributed by atoms with Crippen LogP contribution in [0.25, 0.3) is 89.4 Å². The first-order valence-electron chi connectivity index (χ1n) is 18.4. The molecule has 9 rings (SSSR count). The predicted octanol–water partition coefficient (Wildman–Crippen LogP) is 13.3. The molecule has 3 nitrogen and oxygen atoms in total. The van der Waals surface area contributed by atoms with E-state index in [2.05, 4.69) is 178 Å². The molecule has 0 fully saturated rings. The largest absolute Gasteiger partial charge is 0.208 e. The lowest BCUT2D eigenvalue weighted by Gasteiger charge is -2.18. The minimum Gasteiger partial charge on any atom is -0.208 e. The van der Waals surface area contributed by atoms with Crippen molar-refractivity contribution in [3.05, 3.63) is 199 Å². The maximum Gasteiger partial charge on any atom is 0.164 e. The highest BCUT2D eigenvalue weighted by atomic mass is 15.0. The second-order valence-electron chi connectivity index (χ2n) is 13.7. The molecule has 0 aliphatic rings. The van der Waals surface area contributed by atoms with Crippen LogP contribution in [0.3, 0.4) is 0 Å². The van der Waals surface area contributed by atoms with Crippen LogP contribution in [0.5, 0.6) is 0 Å². The summed E-state index contributed by atoms with van der Waals surface area (Å²) < 4.78 is 0. The highest BCUT2D eigenvalue weighted by Gasteiger charge is 2.19. The van der Waals surface area contributed by atoms with E-state index in [1.807, 2.05) is 24.3 Å². The van der Waals surface area contributed by atoms with Gasteiger partial charge in [0.2, 0.25) is 0 Å². The van der Waals surface area contributed by atoms with E-state index in [-0.39, 0.29) is 0 Å². The second-order valence-corrected chi connectivity index (χ2v) is 13.7. The molecule has 3 heteroatoms. The van der Waals surface area contributed by atoms with E-state index in [1.165, 1.54) is 38.6 Å². The minimum atomic E-state index is 0.638. The van der Waals surface area contributed by atoms with Crippen molar-refractivity contribution < 1.29 is 0 Å². The van der Waals surface area contributed by atoms with Crippen LogP contribution in [0.2, 0.25) is 0 Å². The molecular weight excluding hydrogens is 655 g/mol. The molecule has 0 atom stereocenters. The monoisotopic (exact) mass is 691 g/mol. The Labute approximate surface area is 316 Å². The average molecular weight is 692 g/mol. The molecule has 0 spiro atoms. The van der Waals surface area contributed by atoms with Crippen LogP contribution in [-0.2, 0) is 0 Å². The van der Waals surface area contributed by atoms with Crippen molar-refractivity contribution in [3.63, 3.8) is 0 Å². The van der Waals surface area contributed by atoms with Crippen molar-refractivity contribution in [2.45, 2.75) is 13.8 Å². The molecule has 8 aromatic carbocycles. The van der Waals surface area contributed by atoms with Crippen molar-refractivity contribution in [2.75, 3.05) is 0 Å². The van der Waals surface area contributed by atoms with Crippen LogP contribution in [0.4, 0.5) is 0 Å². The molecule has 0 unspecified atom stereocenters. The van der Waals surface area contributed by atoms with Gasteiger partial charge in [0.05, 0.1) is 0 Å². The van der Waals surface area contributed by atoms with Crippen molar-refractivity contribution in [3.8, 4) is 78.7 Å². The zero-order valence-corrected chi connectivity index (χ0v) is 30.2. The summed E-state index contributed by atoms with van der Waals surface area (Å²) in [6.45, 7) is 4.37. The molecule has 1 aromatic heterocycles. The fourth-order valence-electron chi connectivity index (χ4n) is 7.50. The Balaban J connectivity index is 1.21. The van der Waals surface area contributed by atoms with Gasteiger partial charge in [-0.15, -0.1) is 0 Å². The van der Waals surface area contributed by atoms with Crippen LogP contribution in [0.1, 0.15) is 11.1 Å². The van der Waals surface area contributed by atoms with Crippen LogP contribution in [0, 0.1) is 13.8 Å². The third-order valence-corrected chi connectivity index (χ3v) is 10.2. The van der Waals surface area contributed by atoms with E-state index >= 15 is 0 Å². The quantitative estimate of drug-likeness (QED) is 0.167. The van der Waals surface area contributed by atoms with Crippen molar-refractivity contribution in [2.24, 2.45) is 0 Å². The lowest BCUT2D eigenvalue weighted by Crippen LogP contribution is -2.02. The first kappa shape index (κ1) is 32.9. The number of aromatic nitrogens is 3. The molecule has 0 aliphatic heterocycles. The fourth-order valence-corrected chi connectivity index (χ4v) is 7.50. The van der Waals surface area contributed by atoms with E-state index in [0.717, 1.165) is 44.5 Å². The van der Waals surface area contributed by atoms with Crippen LogP contribution in [0.15, 0.2) is 188 Å². The molecule has 0 radical (unpaired) electrons. The molecule has 0 N–H and O–H groups in total. The average Bonchev–Trinajstić information content (AvgIpc) is 3.24. The zero-order valence-electron chi connectivity index (χ0n) is 30.2. The lowest BCUT2D eigenvalue weighted by atomic mass is 9.87. The van der Waals surface area contributed by atoms with Gasteiger partial charge in [0.25, 0.3) is 0 Å². The first-order valence-corrected chi connectivity index (χ1v) is 18.4. The first-order chi connectivity index (χ1) is 26.6. The van der Waals surface area contributed by atoms with Gasteiger partial charge < -0.3 is 0 Å². The summed E-state index contributed by atoms with van der Waals surface area (Å²) >= 11 is 0. The fraction of sp³-hybridized carbons (Fsp3) is 0.0392. The van der Waals surface area contributed by atoms with E-state index in [1.54, 1.807) is 0 Å². The molecule has 256 valence electrons. The smallest absolute Gasteiger partial charge is 0.164 e. The van der Waals surface area contributed by atoms with Crippen molar-refractivity contribution >= 4 is 10.8 Å². The molecule has 0 saturated carbocycles. The zero-order chi connectivity index (χ0) is 36.4. The Morgan fingerprint density at radius 1 is 0.278 bits per heavy atom. The number of fused-ring (bicyclic) bond motifs is 1. The van der Waals surface area contributed by atoms with Gasteiger partial charge in [-0.25, -0.2) is 15.0 Å². The molecule has 0 aliphatic carbocycles. The maximum atomic E-state index is 5.23. The normalized spacial score (nSPS) is 11.1. The Morgan fingerprint density at radius 3 is 1.48 bits per heavy atom. The van der Waals surface area contributed by atoms with Crippen LogP contribution >= 0.6 is 0 Å². The minimum absolute atomic E-state index is 0.638. The SMILES string of the molecule is Cc1ccc(-c2ccc(-c3ccccc3)c3ccccc23)cc1-c1c(C)cccc1-c1nc(-c2ccccc2)nc(-c2cccc(-c3ccccc3)c2)n1. The third kappa shape index (κ3) is 6.27. The topological polar surface area (TPSA) is 38.7 Å². The van der Waals surface area contributed by atoms with Gasteiger partial charge >= 0.3 is 0 Å². The van der Waals surface area contributed by atoms with Crippen molar-refractivity contribution in [1.29, 1.82) is 0 Å². The van der Waals surface area contributed by atoms with Gasteiger partial charge in [0.1, 0.15) is 0 Å². The van der Waals surface area contributed by atoms with Gasteiger partial charge in [0.15, 0.2) is 17.5 Å².